The van der Waals surface area contributed by atoms with Crippen LogP contribution >= 0.6 is 0 Å². The Bertz CT molecular complexity index is 768. The summed E-state index contributed by atoms with van der Waals surface area (Å²) in [5.41, 5.74) is 6.96. The number of carbonyl (C=O) groups excluding carboxylic acids is 1. The van der Waals surface area contributed by atoms with E-state index in [9.17, 15) is 4.79 Å². The van der Waals surface area contributed by atoms with Crippen molar-refractivity contribution in [1.29, 1.82) is 0 Å². The Morgan fingerprint density at radius 3 is 2.71 bits per heavy atom. The van der Waals surface area contributed by atoms with Gasteiger partial charge in [-0.3, -0.25) is 9.78 Å². The second-order valence-corrected chi connectivity index (χ2v) is 6.51. The van der Waals surface area contributed by atoms with Crippen LogP contribution < -0.4 is 16.0 Å². The van der Waals surface area contributed by atoms with E-state index in [1.165, 1.54) is 12.8 Å². The predicted octanol–water partition coefficient (Wildman–Crippen LogP) is 0.826. The minimum Gasteiger partial charge on any atom is -0.364 e. The van der Waals surface area contributed by atoms with Gasteiger partial charge in [-0.05, 0) is 32.0 Å². The molecule has 0 bridgehead atoms. The second-order valence-electron chi connectivity index (χ2n) is 6.51. The zero-order valence-electron chi connectivity index (χ0n) is 13.6. The van der Waals surface area contributed by atoms with E-state index < -0.39 is 5.91 Å². The molecule has 0 spiro atoms. The van der Waals surface area contributed by atoms with Crippen LogP contribution in [0.25, 0.3) is 11.4 Å². The fourth-order valence-corrected chi connectivity index (χ4v) is 3.41. The van der Waals surface area contributed by atoms with Crippen molar-refractivity contribution in [1.82, 2.24) is 20.3 Å². The third-order valence-electron chi connectivity index (χ3n) is 5.17. The average molecular weight is 324 g/mol. The zero-order valence-corrected chi connectivity index (χ0v) is 13.6. The Labute approximate surface area is 140 Å². The van der Waals surface area contributed by atoms with Gasteiger partial charge in [-0.15, -0.1) is 0 Å². The molecule has 24 heavy (non-hydrogen) atoms. The first-order valence-electron chi connectivity index (χ1n) is 8.15. The van der Waals surface area contributed by atoms with Crippen LogP contribution in [0.5, 0.6) is 0 Å². The molecule has 7 heteroatoms. The van der Waals surface area contributed by atoms with Crippen LogP contribution in [-0.2, 0) is 0 Å². The van der Waals surface area contributed by atoms with Gasteiger partial charge in [0, 0.05) is 30.7 Å². The number of nitrogens with zero attached hydrogens (tertiary/aromatic N) is 4. The maximum Gasteiger partial charge on any atom is 0.269 e. The molecule has 1 amide bonds. The van der Waals surface area contributed by atoms with Crippen LogP contribution in [0.15, 0.2) is 30.6 Å². The van der Waals surface area contributed by atoms with Crippen LogP contribution in [0.3, 0.4) is 0 Å². The average Bonchev–Trinajstić information content (AvgIpc) is 3.35. The maximum absolute atomic E-state index is 11.7. The molecule has 4 rings (SSSR count). The summed E-state index contributed by atoms with van der Waals surface area (Å²) in [5.74, 6) is 0.811. The summed E-state index contributed by atoms with van der Waals surface area (Å²) in [4.78, 5) is 27.0. The summed E-state index contributed by atoms with van der Waals surface area (Å²) in [6.07, 6.45) is 5.78. The number of aromatic nitrogens is 3. The topological polar surface area (TPSA) is 97.0 Å². The van der Waals surface area contributed by atoms with Crippen molar-refractivity contribution in [2.45, 2.75) is 18.4 Å². The number of pyridine rings is 1. The van der Waals surface area contributed by atoms with Crippen LogP contribution in [0.4, 0.5) is 5.82 Å². The lowest BCUT2D eigenvalue weighted by Crippen LogP contribution is -2.57. The summed E-state index contributed by atoms with van der Waals surface area (Å²) in [6.45, 7) is 1.90. The number of amides is 1. The second kappa shape index (κ2) is 5.52. The first-order valence-corrected chi connectivity index (χ1v) is 8.15. The zero-order chi connectivity index (χ0) is 16.7. The van der Waals surface area contributed by atoms with E-state index in [0.717, 1.165) is 18.9 Å². The number of hydrogen-bond donors (Lipinski definition) is 2. The first kappa shape index (κ1) is 15.0. The lowest BCUT2D eigenvalue weighted by Gasteiger charge is -2.44. The van der Waals surface area contributed by atoms with Crippen molar-refractivity contribution >= 4 is 11.7 Å². The molecular formula is C17H20N6O. The molecule has 1 saturated carbocycles. The molecule has 2 aliphatic rings. The minimum atomic E-state index is -0.594. The summed E-state index contributed by atoms with van der Waals surface area (Å²) >= 11 is 0. The third kappa shape index (κ3) is 2.41. The predicted molar refractivity (Wildman–Crippen MR) is 90.5 cm³/mol. The number of nitrogens with one attached hydrogen (secondary N) is 1. The molecule has 7 nitrogen and oxygen atoms in total. The normalized spacial score (nSPS) is 19.0. The molecule has 1 saturated heterocycles. The largest absolute Gasteiger partial charge is 0.364 e. The number of rotatable bonds is 5. The fourth-order valence-electron chi connectivity index (χ4n) is 3.41. The maximum atomic E-state index is 11.7. The summed E-state index contributed by atoms with van der Waals surface area (Å²) in [6, 6.07) is 5.47. The van der Waals surface area contributed by atoms with Crippen molar-refractivity contribution in [3.8, 4) is 11.4 Å². The minimum absolute atomic E-state index is 0.156. The van der Waals surface area contributed by atoms with Gasteiger partial charge in [-0.25, -0.2) is 9.97 Å². The van der Waals surface area contributed by atoms with E-state index >= 15 is 0 Å². The lowest BCUT2D eigenvalue weighted by atomic mass is 9.89. The number of hydrogen-bond acceptors (Lipinski definition) is 6. The van der Waals surface area contributed by atoms with Crippen LogP contribution in [-0.4, -0.2) is 46.5 Å². The van der Waals surface area contributed by atoms with Gasteiger partial charge in [0.05, 0.1) is 11.9 Å². The molecule has 0 aromatic carbocycles. The molecule has 2 aromatic rings. The monoisotopic (exact) mass is 324 g/mol. The van der Waals surface area contributed by atoms with E-state index in [0.29, 0.717) is 22.8 Å². The molecule has 2 fully saturated rings. The highest BCUT2D eigenvalue weighted by Gasteiger charge is 2.52. The van der Waals surface area contributed by atoms with Gasteiger partial charge >= 0.3 is 0 Å². The molecule has 3 heterocycles. The van der Waals surface area contributed by atoms with Crippen molar-refractivity contribution in [2.24, 2.45) is 11.7 Å². The smallest absolute Gasteiger partial charge is 0.269 e. The van der Waals surface area contributed by atoms with E-state index in [4.69, 9.17) is 5.73 Å². The van der Waals surface area contributed by atoms with Crippen LogP contribution in [0.1, 0.15) is 23.3 Å². The summed E-state index contributed by atoms with van der Waals surface area (Å²) in [5, 5.41) is 3.45. The van der Waals surface area contributed by atoms with Crippen LogP contribution in [0, 0.1) is 5.92 Å². The van der Waals surface area contributed by atoms with Crippen molar-refractivity contribution in [3.63, 3.8) is 0 Å². The van der Waals surface area contributed by atoms with Crippen molar-refractivity contribution in [3.05, 3.63) is 36.3 Å². The highest BCUT2D eigenvalue weighted by molar-refractivity contribution is 5.96. The van der Waals surface area contributed by atoms with Gasteiger partial charge in [0.25, 0.3) is 5.91 Å². The standard InChI is InChI=1S/C17H20N6O/c1-19-17(5-6-17)11-9-23(10-11)13-8-21-15(16(18)24)14(22-13)12-4-2-3-7-20-12/h2-4,7-8,11,19H,5-6,9-10H2,1H3,(H2,18,24). The number of anilines is 1. The Balaban J connectivity index is 1.61. The quantitative estimate of drug-likeness (QED) is 0.845. The van der Waals surface area contributed by atoms with Gasteiger partial charge in [-0.2, -0.15) is 0 Å². The molecular weight excluding hydrogens is 304 g/mol. The lowest BCUT2D eigenvalue weighted by molar-refractivity contribution is 0.0996. The van der Waals surface area contributed by atoms with E-state index in [1.807, 2.05) is 19.2 Å². The Hall–Kier alpha value is -2.54. The highest BCUT2D eigenvalue weighted by Crippen LogP contribution is 2.46. The van der Waals surface area contributed by atoms with Gasteiger partial charge < -0.3 is 16.0 Å². The fraction of sp³-hybridized carbons (Fsp3) is 0.412. The number of carbonyl (C=O) groups is 1. The molecule has 0 unspecified atom stereocenters. The van der Waals surface area contributed by atoms with E-state index in [2.05, 4.69) is 25.2 Å². The van der Waals surface area contributed by atoms with Gasteiger partial charge in [0.1, 0.15) is 11.5 Å². The number of primary amides is 1. The van der Waals surface area contributed by atoms with E-state index in [-0.39, 0.29) is 5.69 Å². The van der Waals surface area contributed by atoms with Gasteiger partial charge in [0.15, 0.2) is 5.69 Å². The molecule has 2 aromatic heterocycles. The molecule has 3 N–H and O–H groups in total. The molecule has 1 aliphatic heterocycles. The molecule has 0 radical (unpaired) electrons. The van der Waals surface area contributed by atoms with Crippen molar-refractivity contribution in [2.75, 3.05) is 25.0 Å². The third-order valence-corrected chi connectivity index (χ3v) is 5.17. The Morgan fingerprint density at radius 2 is 2.12 bits per heavy atom. The van der Waals surface area contributed by atoms with Crippen molar-refractivity contribution < 1.29 is 4.79 Å². The summed E-state index contributed by atoms with van der Waals surface area (Å²) in [7, 11) is 2.04. The molecule has 124 valence electrons. The molecule has 1 aliphatic carbocycles. The SMILES string of the molecule is CNC1(C2CN(c3cnc(C(N)=O)c(-c4ccccn4)n3)C2)CC1. The van der Waals surface area contributed by atoms with Crippen LogP contribution in [0.2, 0.25) is 0 Å². The Kier molecular flexibility index (Phi) is 3.45. The van der Waals surface area contributed by atoms with Gasteiger partial charge in [-0.1, -0.05) is 6.07 Å². The Morgan fingerprint density at radius 1 is 1.33 bits per heavy atom. The number of nitrogens with two attached hydrogens (primary N) is 1. The van der Waals surface area contributed by atoms with Gasteiger partial charge in [0.2, 0.25) is 0 Å². The first-order chi connectivity index (χ1) is 11.6. The molecule has 0 atom stereocenters. The summed E-state index contributed by atoms with van der Waals surface area (Å²) < 4.78 is 0. The van der Waals surface area contributed by atoms with E-state index in [1.54, 1.807) is 18.5 Å². The highest BCUT2D eigenvalue weighted by atomic mass is 16.1.